The molecule has 2 aromatic carbocycles. The summed E-state index contributed by atoms with van der Waals surface area (Å²) >= 11 is 12.0. The molecule has 0 aliphatic heterocycles. The molecule has 0 bridgehead atoms. The van der Waals surface area contributed by atoms with Crippen LogP contribution in [0.4, 0.5) is 11.4 Å². The number of anilines is 1. The van der Waals surface area contributed by atoms with Gasteiger partial charge in [-0.25, -0.2) is 0 Å². The molecular formula is C17H16Cl2N2O3. The third-order valence-electron chi connectivity index (χ3n) is 3.72. The van der Waals surface area contributed by atoms with E-state index >= 15 is 0 Å². The summed E-state index contributed by atoms with van der Waals surface area (Å²) in [7, 11) is 0. The molecule has 1 amide bonds. The van der Waals surface area contributed by atoms with Crippen LogP contribution in [0.25, 0.3) is 0 Å². The number of carbonyl (C=O) groups is 1. The maximum Gasteiger partial charge on any atom is 0.288 e. The van der Waals surface area contributed by atoms with Crippen molar-refractivity contribution in [3.8, 4) is 0 Å². The number of nitro benzene ring substituents is 1. The van der Waals surface area contributed by atoms with Crippen LogP contribution in [0.5, 0.6) is 0 Å². The number of aryl methyl sites for hydroxylation is 1. The molecule has 0 unspecified atom stereocenters. The van der Waals surface area contributed by atoms with Gasteiger partial charge in [0.15, 0.2) is 0 Å². The van der Waals surface area contributed by atoms with Crippen molar-refractivity contribution in [3.05, 3.63) is 67.2 Å². The Morgan fingerprint density at radius 2 is 1.79 bits per heavy atom. The maximum atomic E-state index is 12.5. The quantitative estimate of drug-likeness (QED) is 0.577. The monoisotopic (exact) mass is 366 g/mol. The SMILES string of the molecule is CCc1ccc(Cl)c(CC)c1NC(=O)c1ccc(Cl)c([N+](=O)[O-])c1. The largest absolute Gasteiger partial charge is 0.321 e. The lowest BCUT2D eigenvalue weighted by Gasteiger charge is -2.16. The molecule has 0 fully saturated rings. The van der Waals surface area contributed by atoms with Crippen LogP contribution in [0.1, 0.15) is 35.3 Å². The van der Waals surface area contributed by atoms with Gasteiger partial charge in [0.2, 0.25) is 0 Å². The number of nitrogens with zero attached hydrogens (tertiary/aromatic N) is 1. The van der Waals surface area contributed by atoms with E-state index < -0.39 is 10.8 Å². The number of benzene rings is 2. The van der Waals surface area contributed by atoms with E-state index in [1.807, 2.05) is 26.0 Å². The summed E-state index contributed by atoms with van der Waals surface area (Å²) in [6, 6.07) is 7.63. The van der Waals surface area contributed by atoms with E-state index in [4.69, 9.17) is 23.2 Å². The van der Waals surface area contributed by atoms with Crippen LogP contribution in [0.3, 0.4) is 0 Å². The molecule has 0 heterocycles. The number of hydrogen-bond donors (Lipinski definition) is 1. The Kier molecular flexibility index (Phi) is 5.80. The first-order valence-electron chi connectivity index (χ1n) is 7.44. The number of halogens is 2. The fraction of sp³-hybridized carbons (Fsp3) is 0.235. The first kappa shape index (κ1) is 18.2. The zero-order chi connectivity index (χ0) is 17.9. The summed E-state index contributed by atoms with van der Waals surface area (Å²) in [6.45, 7) is 3.93. The van der Waals surface area contributed by atoms with Gasteiger partial charge in [-0.2, -0.15) is 0 Å². The molecule has 0 atom stereocenters. The van der Waals surface area contributed by atoms with Crippen LogP contribution < -0.4 is 5.32 Å². The fourth-order valence-corrected chi connectivity index (χ4v) is 2.92. The van der Waals surface area contributed by atoms with Crippen LogP contribution in [0.2, 0.25) is 10.0 Å². The molecule has 1 N–H and O–H groups in total. The van der Waals surface area contributed by atoms with E-state index in [-0.39, 0.29) is 16.3 Å². The van der Waals surface area contributed by atoms with Gasteiger partial charge in [-0.3, -0.25) is 14.9 Å². The summed E-state index contributed by atoms with van der Waals surface area (Å²) in [5.74, 6) is -0.443. The van der Waals surface area contributed by atoms with E-state index in [2.05, 4.69) is 5.32 Å². The van der Waals surface area contributed by atoms with Gasteiger partial charge in [-0.1, -0.05) is 43.1 Å². The van der Waals surface area contributed by atoms with Crippen molar-refractivity contribution in [3.63, 3.8) is 0 Å². The van der Waals surface area contributed by atoms with Crippen LogP contribution in [0, 0.1) is 10.1 Å². The molecule has 2 rings (SSSR count). The Balaban J connectivity index is 2.42. The lowest BCUT2D eigenvalue weighted by atomic mass is 10.0. The van der Waals surface area contributed by atoms with Crippen LogP contribution in [-0.2, 0) is 12.8 Å². The number of carbonyl (C=O) groups excluding carboxylic acids is 1. The maximum absolute atomic E-state index is 12.5. The molecule has 7 heteroatoms. The second kappa shape index (κ2) is 7.64. The molecule has 0 aromatic heterocycles. The first-order chi connectivity index (χ1) is 11.4. The summed E-state index contributed by atoms with van der Waals surface area (Å²) < 4.78 is 0. The summed E-state index contributed by atoms with van der Waals surface area (Å²) in [4.78, 5) is 22.9. The van der Waals surface area contributed by atoms with Gasteiger partial charge in [-0.05, 0) is 42.2 Å². The molecule has 0 spiro atoms. The predicted octanol–water partition coefficient (Wildman–Crippen LogP) is 5.28. The highest BCUT2D eigenvalue weighted by molar-refractivity contribution is 6.33. The highest BCUT2D eigenvalue weighted by Gasteiger charge is 2.18. The highest BCUT2D eigenvalue weighted by atomic mass is 35.5. The number of hydrogen-bond acceptors (Lipinski definition) is 3. The minimum absolute atomic E-state index is 0.0113. The Morgan fingerprint density at radius 3 is 2.38 bits per heavy atom. The second-order valence-corrected chi connectivity index (χ2v) is 5.96. The molecule has 0 aliphatic rings. The average molecular weight is 367 g/mol. The zero-order valence-corrected chi connectivity index (χ0v) is 14.7. The van der Waals surface area contributed by atoms with Crippen molar-refractivity contribution in [2.75, 3.05) is 5.32 Å². The van der Waals surface area contributed by atoms with Crippen molar-refractivity contribution in [2.24, 2.45) is 0 Å². The van der Waals surface area contributed by atoms with E-state index in [0.29, 0.717) is 17.1 Å². The van der Waals surface area contributed by atoms with E-state index in [0.717, 1.165) is 17.5 Å². The van der Waals surface area contributed by atoms with Crippen molar-refractivity contribution >= 4 is 40.5 Å². The number of rotatable bonds is 5. The Morgan fingerprint density at radius 1 is 1.12 bits per heavy atom. The predicted molar refractivity (Wildman–Crippen MR) is 96.3 cm³/mol. The molecular weight excluding hydrogens is 351 g/mol. The number of nitro groups is 1. The standard InChI is InChI=1S/C17H16Cl2N2O3/c1-3-10-5-7-13(18)12(4-2)16(10)20-17(22)11-6-8-14(19)15(9-11)21(23)24/h5-9H,3-4H2,1-2H3,(H,20,22). The summed E-state index contributed by atoms with van der Waals surface area (Å²) in [6.07, 6.45) is 1.38. The van der Waals surface area contributed by atoms with Gasteiger partial charge in [-0.15, -0.1) is 0 Å². The normalized spacial score (nSPS) is 10.5. The van der Waals surface area contributed by atoms with Gasteiger partial charge in [0.25, 0.3) is 11.6 Å². The van der Waals surface area contributed by atoms with Crippen LogP contribution >= 0.6 is 23.2 Å². The van der Waals surface area contributed by atoms with E-state index in [1.165, 1.54) is 18.2 Å². The Bertz CT molecular complexity index is 807. The average Bonchev–Trinajstić information content (AvgIpc) is 2.55. The molecule has 24 heavy (non-hydrogen) atoms. The lowest BCUT2D eigenvalue weighted by molar-refractivity contribution is -0.384. The number of nitrogens with one attached hydrogen (secondary N) is 1. The fourth-order valence-electron chi connectivity index (χ4n) is 2.45. The van der Waals surface area contributed by atoms with Gasteiger partial charge >= 0.3 is 0 Å². The molecule has 2 aromatic rings. The first-order valence-corrected chi connectivity index (χ1v) is 8.20. The molecule has 5 nitrogen and oxygen atoms in total. The Labute approximate surface area is 149 Å². The molecule has 0 saturated carbocycles. The minimum Gasteiger partial charge on any atom is -0.321 e. The lowest BCUT2D eigenvalue weighted by Crippen LogP contribution is -2.15. The van der Waals surface area contributed by atoms with Crippen molar-refractivity contribution in [1.82, 2.24) is 0 Å². The second-order valence-electron chi connectivity index (χ2n) is 5.14. The highest BCUT2D eigenvalue weighted by Crippen LogP contribution is 2.31. The molecule has 126 valence electrons. The van der Waals surface area contributed by atoms with Crippen molar-refractivity contribution in [1.29, 1.82) is 0 Å². The molecule has 0 aliphatic carbocycles. The summed E-state index contributed by atoms with van der Waals surface area (Å²) in [5, 5.41) is 14.4. The van der Waals surface area contributed by atoms with Gasteiger partial charge in [0.05, 0.1) is 4.92 Å². The van der Waals surface area contributed by atoms with Crippen molar-refractivity contribution in [2.45, 2.75) is 26.7 Å². The third-order valence-corrected chi connectivity index (χ3v) is 4.39. The number of amides is 1. The smallest absolute Gasteiger partial charge is 0.288 e. The topological polar surface area (TPSA) is 72.2 Å². The van der Waals surface area contributed by atoms with Gasteiger partial charge < -0.3 is 5.32 Å². The zero-order valence-electron chi connectivity index (χ0n) is 13.2. The van der Waals surface area contributed by atoms with E-state index in [9.17, 15) is 14.9 Å². The van der Waals surface area contributed by atoms with Gasteiger partial charge in [0.1, 0.15) is 5.02 Å². The molecule has 0 saturated heterocycles. The third kappa shape index (κ3) is 3.68. The van der Waals surface area contributed by atoms with E-state index in [1.54, 1.807) is 0 Å². The summed E-state index contributed by atoms with van der Waals surface area (Å²) in [5.41, 5.74) is 2.31. The van der Waals surface area contributed by atoms with Crippen LogP contribution in [0.15, 0.2) is 30.3 Å². The minimum atomic E-state index is -0.618. The molecule has 0 radical (unpaired) electrons. The Hall–Kier alpha value is -2.11. The van der Waals surface area contributed by atoms with Gasteiger partial charge in [0, 0.05) is 22.3 Å². The van der Waals surface area contributed by atoms with Crippen LogP contribution in [-0.4, -0.2) is 10.8 Å². The van der Waals surface area contributed by atoms with Crippen molar-refractivity contribution < 1.29 is 9.72 Å².